The lowest BCUT2D eigenvalue weighted by Crippen LogP contribution is -2.34. The van der Waals surface area contributed by atoms with E-state index in [1.54, 1.807) is 6.92 Å². The second kappa shape index (κ2) is 6.28. The summed E-state index contributed by atoms with van der Waals surface area (Å²) in [5.41, 5.74) is 0.742. The van der Waals surface area contributed by atoms with Crippen LogP contribution in [0.1, 0.15) is 51.3 Å². The monoisotopic (exact) mass is 255 g/mol. The molecule has 0 radical (unpaired) electrons. The second-order valence-electron chi connectivity index (χ2n) is 5.19. The van der Waals surface area contributed by atoms with E-state index in [4.69, 9.17) is 0 Å². The molecule has 0 saturated carbocycles. The van der Waals surface area contributed by atoms with E-state index in [1.165, 1.54) is 12.1 Å². The van der Waals surface area contributed by atoms with Crippen molar-refractivity contribution in [3.8, 4) is 0 Å². The molecule has 3 heteroatoms. The molecule has 0 heterocycles. The van der Waals surface area contributed by atoms with Gasteiger partial charge in [-0.1, -0.05) is 20.3 Å². The van der Waals surface area contributed by atoms with Crippen molar-refractivity contribution in [1.82, 2.24) is 5.32 Å². The maximum Gasteiger partial charge on any atom is 0.128 e. The molecule has 0 aliphatic rings. The maximum absolute atomic E-state index is 13.8. The minimum absolute atomic E-state index is 0.191. The minimum atomic E-state index is -0.351. The summed E-state index contributed by atoms with van der Waals surface area (Å²) in [6.07, 6.45) is 1.06. The van der Waals surface area contributed by atoms with Gasteiger partial charge in [-0.3, -0.25) is 0 Å². The molecule has 1 N–H and O–H groups in total. The Hall–Kier alpha value is -0.960. The third kappa shape index (κ3) is 3.52. The highest BCUT2D eigenvalue weighted by molar-refractivity contribution is 5.27. The molecule has 1 aromatic carbocycles. The summed E-state index contributed by atoms with van der Waals surface area (Å²) in [6.45, 7) is 9.79. The van der Waals surface area contributed by atoms with Crippen molar-refractivity contribution in [3.05, 3.63) is 34.9 Å². The number of benzene rings is 1. The van der Waals surface area contributed by atoms with Crippen LogP contribution in [0.2, 0.25) is 0 Å². The van der Waals surface area contributed by atoms with Crippen molar-refractivity contribution in [2.75, 3.05) is 0 Å². The predicted octanol–water partition coefficient (Wildman–Crippen LogP) is 4.36. The lowest BCUT2D eigenvalue weighted by atomic mass is 9.98. The summed E-state index contributed by atoms with van der Waals surface area (Å²) in [6, 6.07) is 2.64. The fourth-order valence-corrected chi connectivity index (χ4v) is 2.00. The molecule has 0 spiro atoms. The van der Waals surface area contributed by atoms with Crippen LogP contribution >= 0.6 is 0 Å². The molecule has 0 amide bonds. The van der Waals surface area contributed by atoms with Gasteiger partial charge >= 0.3 is 0 Å². The molecule has 0 fully saturated rings. The predicted molar refractivity (Wildman–Crippen MR) is 71.6 cm³/mol. The van der Waals surface area contributed by atoms with Crippen molar-refractivity contribution < 1.29 is 8.78 Å². The molecule has 3 atom stereocenters. The molecule has 0 aliphatic carbocycles. The number of hydrogen-bond donors (Lipinski definition) is 1. The molecule has 1 rings (SSSR count). The van der Waals surface area contributed by atoms with Gasteiger partial charge in [-0.2, -0.15) is 0 Å². The summed E-state index contributed by atoms with van der Waals surface area (Å²) < 4.78 is 27.3. The van der Waals surface area contributed by atoms with Crippen LogP contribution in [0.15, 0.2) is 12.1 Å². The first-order valence-electron chi connectivity index (χ1n) is 6.58. The van der Waals surface area contributed by atoms with Crippen LogP contribution in [0.4, 0.5) is 8.78 Å². The van der Waals surface area contributed by atoms with Crippen molar-refractivity contribution in [2.24, 2.45) is 5.92 Å². The number of hydrogen-bond acceptors (Lipinski definition) is 1. The summed E-state index contributed by atoms with van der Waals surface area (Å²) in [7, 11) is 0. The van der Waals surface area contributed by atoms with E-state index >= 15 is 0 Å². The van der Waals surface area contributed by atoms with Gasteiger partial charge < -0.3 is 5.32 Å². The van der Waals surface area contributed by atoms with Gasteiger partial charge in [0.2, 0.25) is 0 Å². The average Bonchev–Trinajstić information content (AvgIpc) is 2.32. The number of rotatable bonds is 5. The third-order valence-electron chi connectivity index (χ3n) is 3.75. The lowest BCUT2D eigenvalue weighted by molar-refractivity contribution is 0.355. The molecule has 0 saturated heterocycles. The molecule has 3 unspecified atom stereocenters. The molecule has 0 bridgehead atoms. The van der Waals surface area contributed by atoms with Gasteiger partial charge in [-0.05, 0) is 44.4 Å². The van der Waals surface area contributed by atoms with Crippen LogP contribution in [-0.4, -0.2) is 6.04 Å². The van der Waals surface area contributed by atoms with Crippen LogP contribution < -0.4 is 5.32 Å². The lowest BCUT2D eigenvalue weighted by Gasteiger charge is -2.25. The maximum atomic E-state index is 13.8. The Balaban J connectivity index is 2.84. The molecule has 0 aliphatic heterocycles. The largest absolute Gasteiger partial charge is 0.307 e. The van der Waals surface area contributed by atoms with E-state index in [-0.39, 0.29) is 23.7 Å². The quantitative estimate of drug-likeness (QED) is 0.824. The fraction of sp³-hybridized carbons (Fsp3) is 0.600. The molecule has 1 aromatic rings. The standard InChI is InChI=1S/C15H23F2N/c1-6-9(2)11(4)18-12(5)13-8-14(16)10(3)7-15(13)17/h7-9,11-12,18H,6H2,1-5H3. The topological polar surface area (TPSA) is 12.0 Å². The van der Waals surface area contributed by atoms with Gasteiger partial charge in [0.1, 0.15) is 11.6 Å². The van der Waals surface area contributed by atoms with Gasteiger partial charge in [0.15, 0.2) is 0 Å². The molecule has 102 valence electrons. The SMILES string of the molecule is CCC(C)C(C)NC(C)c1cc(F)c(C)cc1F. The summed E-state index contributed by atoms with van der Waals surface area (Å²) >= 11 is 0. The highest BCUT2D eigenvalue weighted by Crippen LogP contribution is 2.22. The molecule has 18 heavy (non-hydrogen) atoms. The van der Waals surface area contributed by atoms with Crippen LogP contribution in [0.25, 0.3) is 0 Å². The van der Waals surface area contributed by atoms with E-state index in [1.807, 2.05) is 6.92 Å². The Morgan fingerprint density at radius 3 is 2.28 bits per heavy atom. The van der Waals surface area contributed by atoms with E-state index < -0.39 is 0 Å². The van der Waals surface area contributed by atoms with Gasteiger partial charge in [0, 0.05) is 17.6 Å². The first-order valence-corrected chi connectivity index (χ1v) is 6.58. The zero-order chi connectivity index (χ0) is 13.9. The second-order valence-corrected chi connectivity index (χ2v) is 5.19. The Labute approximate surface area is 109 Å². The average molecular weight is 255 g/mol. The summed E-state index contributed by atoms with van der Waals surface area (Å²) in [5, 5.41) is 3.33. The smallest absolute Gasteiger partial charge is 0.128 e. The highest BCUT2D eigenvalue weighted by atomic mass is 19.1. The summed E-state index contributed by atoms with van der Waals surface area (Å²) in [5.74, 6) is -0.188. The number of aryl methyl sites for hydroxylation is 1. The Kier molecular flexibility index (Phi) is 5.27. The fourth-order valence-electron chi connectivity index (χ4n) is 2.00. The van der Waals surface area contributed by atoms with E-state index in [0.29, 0.717) is 17.0 Å². The van der Waals surface area contributed by atoms with Crippen LogP contribution in [-0.2, 0) is 0 Å². The van der Waals surface area contributed by atoms with Gasteiger partial charge in [0.05, 0.1) is 0 Å². The van der Waals surface area contributed by atoms with Crippen molar-refractivity contribution >= 4 is 0 Å². The van der Waals surface area contributed by atoms with Crippen LogP contribution in [0.3, 0.4) is 0 Å². The summed E-state index contributed by atoms with van der Waals surface area (Å²) in [4.78, 5) is 0. The Morgan fingerprint density at radius 2 is 1.72 bits per heavy atom. The van der Waals surface area contributed by atoms with Gasteiger partial charge in [0.25, 0.3) is 0 Å². The van der Waals surface area contributed by atoms with Gasteiger partial charge in [-0.25, -0.2) is 8.78 Å². The molecular formula is C15H23F2N. The molecule has 1 nitrogen and oxygen atoms in total. The van der Waals surface area contributed by atoms with Crippen molar-refractivity contribution in [1.29, 1.82) is 0 Å². The first-order chi connectivity index (χ1) is 8.36. The van der Waals surface area contributed by atoms with Crippen molar-refractivity contribution in [3.63, 3.8) is 0 Å². The molecule has 0 aromatic heterocycles. The van der Waals surface area contributed by atoms with E-state index in [9.17, 15) is 8.78 Å². The number of nitrogens with one attached hydrogen (secondary N) is 1. The normalized spacial score (nSPS) is 16.4. The van der Waals surface area contributed by atoms with Gasteiger partial charge in [-0.15, -0.1) is 0 Å². The third-order valence-corrected chi connectivity index (χ3v) is 3.75. The van der Waals surface area contributed by atoms with E-state index in [0.717, 1.165) is 6.42 Å². The molecular weight excluding hydrogens is 232 g/mol. The van der Waals surface area contributed by atoms with Crippen LogP contribution in [0, 0.1) is 24.5 Å². The Bertz CT molecular complexity index is 404. The number of halogens is 2. The minimum Gasteiger partial charge on any atom is -0.307 e. The van der Waals surface area contributed by atoms with Crippen molar-refractivity contribution in [2.45, 2.75) is 53.1 Å². The first kappa shape index (κ1) is 15.1. The Morgan fingerprint density at radius 1 is 1.11 bits per heavy atom. The zero-order valence-electron chi connectivity index (χ0n) is 11.8. The zero-order valence-corrected chi connectivity index (χ0v) is 11.8. The van der Waals surface area contributed by atoms with Crippen LogP contribution in [0.5, 0.6) is 0 Å². The highest BCUT2D eigenvalue weighted by Gasteiger charge is 2.18. The van der Waals surface area contributed by atoms with E-state index in [2.05, 4.69) is 26.1 Å².